The van der Waals surface area contributed by atoms with E-state index in [0.717, 1.165) is 35.4 Å². The molecule has 1 saturated carbocycles. The van der Waals surface area contributed by atoms with Crippen LogP contribution in [0.25, 0.3) is 6.08 Å². The number of amidine groups is 1. The summed E-state index contributed by atoms with van der Waals surface area (Å²) in [5.41, 5.74) is 8.47. The molecule has 3 N–H and O–H groups in total. The molecule has 2 aliphatic heterocycles. The van der Waals surface area contributed by atoms with E-state index >= 15 is 0 Å². The maximum atomic E-state index is 12.9. The topological polar surface area (TPSA) is 105 Å². The Morgan fingerprint density at radius 1 is 1.13 bits per heavy atom. The lowest BCUT2D eigenvalue weighted by Gasteiger charge is -2.34. The Bertz CT molecular complexity index is 1010. The number of amides is 1. The van der Waals surface area contributed by atoms with Crippen LogP contribution in [0, 0.1) is 19.8 Å². The third kappa shape index (κ3) is 4.41. The lowest BCUT2D eigenvalue weighted by molar-refractivity contribution is -0.124. The summed E-state index contributed by atoms with van der Waals surface area (Å²) in [5.74, 6) is 1.11. The molecule has 1 saturated heterocycles. The highest BCUT2D eigenvalue weighted by Gasteiger charge is 2.48. The van der Waals surface area contributed by atoms with Crippen molar-refractivity contribution in [3.05, 3.63) is 34.2 Å². The van der Waals surface area contributed by atoms with E-state index in [2.05, 4.69) is 5.32 Å². The second kappa shape index (κ2) is 8.39. The van der Waals surface area contributed by atoms with Crippen molar-refractivity contribution in [2.45, 2.75) is 64.3 Å². The van der Waals surface area contributed by atoms with Crippen molar-refractivity contribution >= 4 is 33.5 Å². The van der Waals surface area contributed by atoms with Gasteiger partial charge in [0.25, 0.3) is 5.91 Å². The van der Waals surface area contributed by atoms with Gasteiger partial charge < -0.3 is 11.1 Å². The van der Waals surface area contributed by atoms with Gasteiger partial charge in [0.15, 0.2) is 0 Å². The minimum absolute atomic E-state index is 0.0613. The average Bonchev–Trinajstić information content (AvgIpc) is 3.04. The molecule has 1 spiro atoms. The third-order valence-corrected chi connectivity index (χ3v) is 8.49. The zero-order chi connectivity index (χ0) is 22.2. The van der Waals surface area contributed by atoms with Gasteiger partial charge in [-0.3, -0.25) is 9.79 Å². The molecule has 0 unspecified atom stereocenters. The summed E-state index contributed by atoms with van der Waals surface area (Å²) in [6.45, 7) is 4.42. The largest absolute Gasteiger partial charge is 0.399 e. The van der Waals surface area contributed by atoms with Gasteiger partial charge >= 0.3 is 0 Å². The molecule has 31 heavy (non-hydrogen) atoms. The number of hydrogen-bond acceptors (Lipinski definition) is 5. The van der Waals surface area contributed by atoms with E-state index in [1.807, 2.05) is 26.0 Å². The number of benzene rings is 1. The number of nitrogens with two attached hydrogens (primary N) is 1. The highest BCUT2D eigenvalue weighted by molar-refractivity contribution is 7.92. The van der Waals surface area contributed by atoms with Crippen LogP contribution in [-0.2, 0) is 14.8 Å². The van der Waals surface area contributed by atoms with Gasteiger partial charge in [0.2, 0.25) is 10.0 Å². The van der Waals surface area contributed by atoms with Crippen LogP contribution in [0.1, 0.15) is 61.6 Å². The second-order valence-corrected chi connectivity index (χ2v) is 11.0. The molecule has 3 aliphatic rings. The second-order valence-electron chi connectivity index (χ2n) is 9.13. The van der Waals surface area contributed by atoms with Crippen molar-refractivity contribution < 1.29 is 13.2 Å². The molecule has 1 aromatic rings. The van der Waals surface area contributed by atoms with Crippen LogP contribution in [0.15, 0.2) is 22.5 Å². The SMILES string of the molecule is Cc1cc(N)cc(C)c1C=CS(=O)(=O)N1CCC2(CC1)N=C(C1CCCCC1)NC2=O. The molecule has 2 fully saturated rings. The molecule has 0 aromatic heterocycles. The Morgan fingerprint density at radius 3 is 2.35 bits per heavy atom. The van der Waals surface area contributed by atoms with E-state index in [4.69, 9.17) is 10.7 Å². The number of aryl methyl sites for hydroxylation is 2. The van der Waals surface area contributed by atoms with Gasteiger partial charge in [-0.25, -0.2) is 8.42 Å². The minimum Gasteiger partial charge on any atom is -0.399 e. The highest BCUT2D eigenvalue weighted by atomic mass is 32.2. The molecule has 0 atom stereocenters. The predicted octanol–water partition coefficient (Wildman–Crippen LogP) is 3.13. The van der Waals surface area contributed by atoms with Crippen LogP contribution in [0.2, 0.25) is 0 Å². The van der Waals surface area contributed by atoms with Gasteiger partial charge in [-0.05, 0) is 74.4 Å². The maximum absolute atomic E-state index is 12.9. The third-order valence-electron chi connectivity index (χ3n) is 6.92. The molecule has 0 radical (unpaired) electrons. The number of rotatable bonds is 4. The minimum atomic E-state index is -3.58. The molecule has 7 nitrogen and oxygen atoms in total. The van der Waals surface area contributed by atoms with Crippen molar-refractivity contribution in [1.29, 1.82) is 0 Å². The first-order chi connectivity index (χ1) is 14.7. The number of anilines is 1. The molecule has 8 heteroatoms. The van der Waals surface area contributed by atoms with Gasteiger partial charge in [-0.15, -0.1) is 0 Å². The van der Waals surface area contributed by atoms with Crippen molar-refractivity contribution in [3.63, 3.8) is 0 Å². The van der Waals surface area contributed by atoms with Gasteiger partial charge in [0.05, 0.1) is 0 Å². The first-order valence-corrected chi connectivity index (χ1v) is 12.7. The molecule has 1 aliphatic carbocycles. The quantitative estimate of drug-likeness (QED) is 0.696. The molecule has 1 aromatic carbocycles. The summed E-state index contributed by atoms with van der Waals surface area (Å²) in [5, 5.41) is 4.29. The van der Waals surface area contributed by atoms with E-state index in [9.17, 15) is 13.2 Å². The monoisotopic (exact) mass is 444 g/mol. The fourth-order valence-corrected chi connectivity index (χ4v) is 6.24. The zero-order valence-electron chi connectivity index (χ0n) is 18.4. The van der Waals surface area contributed by atoms with E-state index in [1.165, 1.54) is 29.0 Å². The Hall–Kier alpha value is -2.19. The lowest BCUT2D eigenvalue weighted by Crippen LogP contribution is -2.50. The van der Waals surface area contributed by atoms with Gasteiger partial charge in [-0.1, -0.05) is 19.3 Å². The summed E-state index contributed by atoms with van der Waals surface area (Å²) in [6, 6.07) is 3.68. The Balaban J connectivity index is 1.45. The molecule has 4 rings (SSSR count). The van der Waals surface area contributed by atoms with E-state index in [0.29, 0.717) is 37.5 Å². The summed E-state index contributed by atoms with van der Waals surface area (Å²) in [6.07, 6.45) is 8.23. The van der Waals surface area contributed by atoms with E-state index in [-0.39, 0.29) is 5.91 Å². The standard InChI is InChI=1S/C23H32N4O3S/c1-16-14-19(24)15-17(2)20(16)8-13-31(29,30)27-11-9-23(10-12-27)22(28)25-21(26-23)18-6-4-3-5-7-18/h8,13-15,18H,3-7,9-12,24H2,1-2H3,(H,25,26,28). The summed E-state index contributed by atoms with van der Waals surface area (Å²) in [4.78, 5) is 17.6. The van der Waals surface area contributed by atoms with E-state index in [1.54, 1.807) is 6.08 Å². The summed E-state index contributed by atoms with van der Waals surface area (Å²) in [7, 11) is -3.58. The predicted molar refractivity (Wildman–Crippen MR) is 124 cm³/mol. The van der Waals surface area contributed by atoms with Gasteiger partial charge in [0, 0.05) is 30.1 Å². The first-order valence-electron chi connectivity index (χ1n) is 11.2. The van der Waals surface area contributed by atoms with Crippen LogP contribution >= 0.6 is 0 Å². The van der Waals surface area contributed by atoms with Crippen molar-refractivity contribution in [3.8, 4) is 0 Å². The molecule has 0 bridgehead atoms. The number of nitrogens with zero attached hydrogens (tertiary/aromatic N) is 2. The number of carbonyl (C=O) groups excluding carboxylic acids is 1. The fourth-order valence-electron chi connectivity index (χ4n) is 5.07. The number of nitrogens with one attached hydrogen (secondary N) is 1. The number of aliphatic imine (C=N–C) groups is 1. The Morgan fingerprint density at radius 2 is 1.74 bits per heavy atom. The Kier molecular flexibility index (Phi) is 5.96. The number of piperidine rings is 1. The smallest absolute Gasteiger partial charge is 0.253 e. The van der Waals surface area contributed by atoms with Crippen molar-refractivity contribution in [2.24, 2.45) is 10.9 Å². The highest BCUT2D eigenvalue weighted by Crippen LogP contribution is 2.35. The number of carbonyl (C=O) groups is 1. The van der Waals surface area contributed by atoms with E-state index < -0.39 is 15.6 Å². The summed E-state index contributed by atoms with van der Waals surface area (Å²) >= 11 is 0. The molecule has 1 amide bonds. The Labute approximate surface area is 184 Å². The number of nitrogen functional groups attached to an aromatic ring is 1. The molecule has 168 valence electrons. The van der Waals surface area contributed by atoms with Crippen LogP contribution < -0.4 is 11.1 Å². The van der Waals surface area contributed by atoms with Gasteiger partial charge in [-0.2, -0.15) is 4.31 Å². The fraction of sp³-hybridized carbons (Fsp3) is 0.565. The molecular formula is C23H32N4O3S. The number of hydrogen-bond donors (Lipinski definition) is 2. The molecule has 2 heterocycles. The molecular weight excluding hydrogens is 412 g/mol. The van der Waals surface area contributed by atoms with Crippen LogP contribution in [-0.4, -0.2) is 43.1 Å². The summed E-state index contributed by atoms with van der Waals surface area (Å²) < 4.78 is 27.3. The van der Waals surface area contributed by atoms with Crippen LogP contribution in [0.5, 0.6) is 0 Å². The van der Waals surface area contributed by atoms with Crippen LogP contribution in [0.3, 0.4) is 0 Å². The average molecular weight is 445 g/mol. The lowest BCUT2D eigenvalue weighted by atomic mass is 9.88. The zero-order valence-corrected chi connectivity index (χ0v) is 19.2. The number of sulfonamides is 1. The normalized spacial score (nSPS) is 22.8. The first kappa shape index (κ1) is 22.0. The van der Waals surface area contributed by atoms with Gasteiger partial charge in [0.1, 0.15) is 11.4 Å². The van der Waals surface area contributed by atoms with Crippen LogP contribution in [0.4, 0.5) is 5.69 Å². The van der Waals surface area contributed by atoms with Crippen molar-refractivity contribution in [1.82, 2.24) is 9.62 Å². The van der Waals surface area contributed by atoms with Crippen molar-refractivity contribution in [2.75, 3.05) is 18.8 Å². The maximum Gasteiger partial charge on any atom is 0.253 e.